The van der Waals surface area contributed by atoms with Crippen molar-refractivity contribution in [3.63, 3.8) is 0 Å². The van der Waals surface area contributed by atoms with Gasteiger partial charge in [-0.25, -0.2) is 32.8 Å². The molecule has 1 aliphatic rings. The Bertz CT molecular complexity index is 2310. The second kappa shape index (κ2) is 19.1. The van der Waals surface area contributed by atoms with Crippen LogP contribution in [0.25, 0.3) is 33.3 Å². The summed E-state index contributed by atoms with van der Waals surface area (Å²) >= 11 is 6.08. The summed E-state index contributed by atoms with van der Waals surface area (Å²) in [5.41, 5.74) is 5.71. The van der Waals surface area contributed by atoms with Gasteiger partial charge >= 0.3 is 36.4 Å². The van der Waals surface area contributed by atoms with Crippen molar-refractivity contribution in [2.45, 2.75) is 23.4 Å². The van der Waals surface area contributed by atoms with E-state index in [9.17, 15) is 47.9 Å². The predicted octanol–water partition coefficient (Wildman–Crippen LogP) is 6.97. The Labute approximate surface area is 331 Å². The number of hydrogen-bond acceptors (Lipinski definition) is 10. The lowest BCUT2D eigenvalue weighted by atomic mass is 10.00. The zero-order valence-electron chi connectivity index (χ0n) is 29.6. The van der Waals surface area contributed by atoms with E-state index in [1.807, 2.05) is 42.6 Å². The molecular weight excluding hydrogens is 859 g/mol. The number of carboxylic acids is 3. The lowest BCUT2D eigenvalue weighted by Crippen LogP contribution is -2.47. The van der Waals surface area contributed by atoms with Gasteiger partial charge in [-0.15, -0.1) is 0 Å². The van der Waals surface area contributed by atoms with Gasteiger partial charge in [0.1, 0.15) is 12.1 Å². The number of anilines is 2. The fourth-order valence-corrected chi connectivity index (χ4v) is 5.68. The molecule has 14 nitrogen and oxygen atoms in total. The Kier molecular flexibility index (Phi) is 15.2. The molecule has 25 heteroatoms. The maximum Gasteiger partial charge on any atom is 0.490 e. The maximum absolute atomic E-state index is 12.0. The molecule has 5 aromatic rings. The molecule has 59 heavy (non-hydrogen) atoms. The Hall–Kier alpha value is -6.17. The molecule has 1 fully saturated rings. The minimum absolute atomic E-state index is 0.337. The molecule has 0 atom stereocenters. The molecule has 0 unspecified atom stereocenters. The van der Waals surface area contributed by atoms with Gasteiger partial charge in [-0.05, 0) is 48.0 Å². The van der Waals surface area contributed by atoms with Crippen LogP contribution >= 0.6 is 11.6 Å². The first-order chi connectivity index (χ1) is 27.2. The lowest BCUT2D eigenvalue weighted by Gasteiger charge is -2.37. The first-order valence-corrected chi connectivity index (χ1v) is 18.2. The number of halogens is 10. The van der Waals surface area contributed by atoms with E-state index in [4.69, 9.17) is 41.3 Å². The summed E-state index contributed by atoms with van der Waals surface area (Å²) < 4.78 is 119. The molecule has 0 saturated carbocycles. The highest BCUT2D eigenvalue weighted by atomic mass is 35.5. The van der Waals surface area contributed by atoms with Crippen LogP contribution in [0.15, 0.2) is 84.1 Å². The molecule has 6 rings (SSSR count). The van der Waals surface area contributed by atoms with E-state index in [2.05, 4.69) is 42.1 Å². The van der Waals surface area contributed by atoms with E-state index in [-0.39, 0.29) is 0 Å². The van der Waals surface area contributed by atoms with Gasteiger partial charge in [0, 0.05) is 59.7 Å². The van der Waals surface area contributed by atoms with E-state index in [0.29, 0.717) is 9.92 Å². The number of hydrogen-bond donors (Lipinski definition) is 4. The number of carbonyl (C=O) groups is 3. The average Bonchev–Trinajstić information content (AvgIpc) is 3.64. The van der Waals surface area contributed by atoms with Gasteiger partial charge in [0.2, 0.25) is 0 Å². The number of fused-ring (bicyclic) bond motifs is 1. The summed E-state index contributed by atoms with van der Waals surface area (Å²) in [5.74, 6) is -7.38. The summed E-state index contributed by atoms with van der Waals surface area (Å²) in [7, 11) is -3.25. The smallest absolute Gasteiger partial charge is 0.475 e. The van der Waals surface area contributed by atoms with Crippen LogP contribution in [-0.2, 0) is 24.2 Å². The number of nitrogens with one attached hydrogen (secondary N) is 1. The normalized spacial score (nSPS) is 13.2. The average molecular weight is 887 g/mol. The first-order valence-electron chi connectivity index (χ1n) is 15.9. The number of aromatic amines is 1. The molecule has 1 aliphatic heterocycles. The fraction of sp³-hybridized carbons (Fsp3) is 0.235. The van der Waals surface area contributed by atoms with Gasteiger partial charge in [-0.1, -0.05) is 35.9 Å². The summed E-state index contributed by atoms with van der Waals surface area (Å²) in [4.78, 5) is 40.7. The molecule has 4 N–H and O–H groups in total. The van der Waals surface area contributed by atoms with Gasteiger partial charge in [0.05, 0.1) is 22.3 Å². The molecule has 3 heterocycles. The van der Waals surface area contributed by atoms with Gasteiger partial charge in [-0.3, -0.25) is 5.10 Å². The summed E-state index contributed by atoms with van der Waals surface area (Å²) in [6.45, 7) is 3.00. The van der Waals surface area contributed by atoms with Crippen molar-refractivity contribution in [2.75, 3.05) is 42.2 Å². The highest BCUT2D eigenvalue weighted by Gasteiger charge is 2.39. The van der Waals surface area contributed by atoms with E-state index in [1.165, 1.54) is 6.26 Å². The largest absolute Gasteiger partial charge is 0.490 e. The number of benzene rings is 3. The standard InChI is InChI=1S/C28H25ClN6O2S.3C2HF3O2/c1-38(36,37)23-4-2-3-22(16-23)34-11-13-35(14-12-34)28-24-15-20(7-10-26(24)30-18-31-28)25-17-32-33-27(25)19-5-8-21(29)9-6-19;3*3-2(4,5)1(6)7/h2-10,15-18H,11-14H2,1H3,(H,32,33);3*(H,6,7). The monoisotopic (exact) mass is 886 g/mol. The van der Waals surface area contributed by atoms with Crippen LogP contribution in [0, 0.1) is 0 Å². The van der Waals surface area contributed by atoms with Gasteiger partial charge in [-0.2, -0.15) is 44.6 Å². The topological polar surface area (TPSA) is 207 Å². The minimum Gasteiger partial charge on any atom is -0.475 e. The predicted molar refractivity (Wildman–Crippen MR) is 193 cm³/mol. The summed E-state index contributed by atoms with van der Waals surface area (Å²) in [6, 6.07) is 21.0. The molecule has 2 aromatic heterocycles. The molecule has 0 amide bonds. The number of nitrogens with zero attached hydrogens (tertiary/aromatic N) is 5. The molecule has 0 spiro atoms. The Morgan fingerprint density at radius 3 is 1.69 bits per heavy atom. The van der Waals surface area contributed by atoms with Crippen LogP contribution in [0.4, 0.5) is 51.0 Å². The van der Waals surface area contributed by atoms with Crippen LogP contribution in [-0.4, -0.2) is 113 Å². The molecular formula is C34H28ClF9N6O8S. The highest BCUT2D eigenvalue weighted by molar-refractivity contribution is 7.90. The molecule has 1 saturated heterocycles. The van der Waals surface area contributed by atoms with Crippen LogP contribution < -0.4 is 9.80 Å². The van der Waals surface area contributed by atoms with E-state index in [0.717, 1.165) is 71.0 Å². The SMILES string of the molecule is CS(=O)(=O)c1cccc(N2CCN(c3ncnc4ccc(-c5cn[nH]c5-c5ccc(Cl)cc5)cc34)CC2)c1.O=C(O)C(F)(F)F.O=C(O)C(F)(F)F.O=C(O)C(F)(F)F. The molecule has 0 radical (unpaired) electrons. The number of piperazine rings is 1. The first kappa shape index (κ1) is 47.2. The van der Waals surface area contributed by atoms with E-state index in [1.54, 1.807) is 24.5 Å². The number of rotatable bonds is 5. The lowest BCUT2D eigenvalue weighted by molar-refractivity contribution is -0.193. The van der Waals surface area contributed by atoms with Crippen molar-refractivity contribution in [1.29, 1.82) is 0 Å². The third-order valence-electron chi connectivity index (χ3n) is 7.62. The number of carboxylic acid groups (broad SMARTS) is 3. The molecule has 0 bridgehead atoms. The summed E-state index contributed by atoms with van der Waals surface area (Å²) in [5, 5.41) is 30.5. The van der Waals surface area contributed by atoms with Crippen molar-refractivity contribution in [3.8, 4) is 22.4 Å². The van der Waals surface area contributed by atoms with Crippen molar-refractivity contribution in [1.82, 2.24) is 20.2 Å². The quantitative estimate of drug-likeness (QED) is 0.132. The van der Waals surface area contributed by atoms with Crippen LogP contribution in [0.1, 0.15) is 0 Å². The number of sulfone groups is 1. The van der Waals surface area contributed by atoms with Crippen molar-refractivity contribution in [3.05, 3.63) is 84.3 Å². The second-order valence-electron chi connectivity index (χ2n) is 11.7. The zero-order chi connectivity index (χ0) is 44.5. The van der Waals surface area contributed by atoms with Crippen LogP contribution in [0.5, 0.6) is 0 Å². The summed E-state index contributed by atoms with van der Waals surface area (Å²) in [6.07, 6.45) is -10.6. The third kappa shape index (κ3) is 13.7. The van der Waals surface area contributed by atoms with Crippen LogP contribution in [0.2, 0.25) is 5.02 Å². The highest BCUT2D eigenvalue weighted by Crippen LogP contribution is 2.34. The Morgan fingerprint density at radius 2 is 1.20 bits per heavy atom. The van der Waals surface area contributed by atoms with Gasteiger partial charge in [0.15, 0.2) is 9.84 Å². The van der Waals surface area contributed by atoms with E-state index < -0.39 is 46.3 Å². The number of aromatic nitrogens is 4. The van der Waals surface area contributed by atoms with Crippen molar-refractivity contribution >= 4 is 61.8 Å². The Balaban J connectivity index is 0.000000365. The zero-order valence-corrected chi connectivity index (χ0v) is 31.2. The van der Waals surface area contributed by atoms with Gasteiger partial charge < -0.3 is 25.1 Å². The maximum atomic E-state index is 12.0. The van der Waals surface area contributed by atoms with Crippen LogP contribution in [0.3, 0.4) is 0 Å². The second-order valence-corrected chi connectivity index (χ2v) is 14.2. The van der Waals surface area contributed by atoms with Crippen molar-refractivity contribution < 1.29 is 77.6 Å². The number of alkyl halides is 9. The number of H-pyrrole nitrogens is 1. The molecule has 0 aliphatic carbocycles. The molecule has 318 valence electrons. The number of aliphatic carboxylic acids is 3. The van der Waals surface area contributed by atoms with E-state index >= 15 is 0 Å². The van der Waals surface area contributed by atoms with Crippen molar-refractivity contribution in [2.24, 2.45) is 0 Å². The third-order valence-corrected chi connectivity index (χ3v) is 8.98. The molecule has 3 aromatic carbocycles. The Morgan fingerprint density at radius 1 is 0.712 bits per heavy atom. The van der Waals surface area contributed by atoms with Gasteiger partial charge in [0.25, 0.3) is 0 Å². The minimum atomic E-state index is -5.08. The fourth-order valence-electron chi connectivity index (χ4n) is 4.89.